The number of fused-ring (bicyclic) bond motifs is 1. The molecule has 0 amide bonds. The molecule has 0 aliphatic heterocycles. The fraction of sp³-hybridized carbons (Fsp3) is 0.174. The van der Waals surface area contributed by atoms with Crippen LogP contribution in [-0.2, 0) is 0 Å². The van der Waals surface area contributed by atoms with Crippen molar-refractivity contribution in [3.05, 3.63) is 81.9 Å². The first kappa shape index (κ1) is 22.1. The van der Waals surface area contributed by atoms with Gasteiger partial charge in [0.1, 0.15) is 12.1 Å². The molecular formula is C23H21ClFN5OS. The van der Waals surface area contributed by atoms with Crippen molar-refractivity contribution in [2.75, 3.05) is 15.8 Å². The molecule has 2 N–H and O–H groups in total. The highest BCUT2D eigenvalue weighted by Crippen LogP contribution is 2.37. The number of benzene rings is 2. The van der Waals surface area contributed by atoms with Gasteiger partial charge in [0.25, 0.3) is 5.56 Å². The van der Waals surface area contributed by atoms with Gasteiger partial charge in [-0.15, -0.1) is 0 Å². The largest absolute Gasteiger partial charge is 0.352 e. The van der Waals surface area contributed by atoms with Gasteiger partial charge in [-0.25, -0.2) is 9.37 Å². The van der Waals surface area contributed by atoms with E-state index < -0.39 is 5.82 Å². The Labute approximate surface area is 194 Å². The summed E-state index contributed by atoms with van der Waals surface area (Å²) in [6, 6.07) is 9.99. The second-order valence-electron chi connectivity index (χ2n) is 7.12. The SMILES string of the molecule is CCCSNc1ccc(F)c(Nc2ccc3ncn(-c4cccnc4)c(=O)c3c2C)c1Cl. The van der Waals surface area contributed by atoms with E-state index in [0.717, 1.165) is 12.2 Å². The van der Waals surface area contributed by atoms with Crippen LogP contribution in [0.4, 0.5) is 21.5 Å². The number of rotatable bonds is 7. The third kappa shape index (κ3) is 4.28. The summed E-state index contributed by atoms with van der Waals surface area (Å²) in [5, 5.41) is 3.75. The molecule has 0 bridgehead atoms. The Bertz CT molecular complexity index is 1330. The van der Waals surface area contributed by atoms with Crippen molar-refractivity contribution in [3.8, 4) is 5.69 Å². The number of halogens is 2. The van der Waals surface area contributed by atoms with Crippen LogP contribution in [0.1, 0.15) is 18.9 Å². The van der Waals surface area contributed by atoms with Crippen LogP contribution in [0.3, 0.4) is 0 Å². The molecule has 0 saturated heterocycles. The first-order valence-electron chi connectivity index (χ1n) is 10.1. The molecule has 6 nitrogen and oxygen atoms in total. The molecule has 9 heteroatoms. The van der Waals surface area contributed by atoms with Crippen molar-refractivity contribution in [2.45, 2.75) is 20.3 Å². The molecule has 2 heterocycles. The number of aryl methyl sites for hydroxylation is 1. The van der Waals surface area contributed by atoms with E-state index in [1.807, 2.05) is 0 Å². The lowest BCUT2D eigenvalue weighted by atomic mass is 10.1. The molecule has 0 atom stereocenters. The molecule has 2 aromatic heterocycles. The van der Waals surface area contributed by atoms with Crippen molar-refractivity contribution in [2.24, 2.45) is 0 Å². The van der Waals surface area contributed by atoms with Gasteiger partial charge in [0, 0.05) is 17.6 Å². The molecule has 0 fully saturated rings. The molecule has 4 aromatic rings. The quantitative estimate of drug-likeness (QED) is 0.252. The third-order valence-electron chi connectivity index (χ3n) is 4.95. The minimum absolute atomic E-state index is 0.146. The first-order chi connectivity index (χ1) is 15.5. The van der Waals surface area contributed by atoms with Gasteiger partial charge < -0.3 is 10.0 Å². The summed E-state index contributed by atoms with van der Waals surface area (Å²) >= 11 is 7.99. The molecule has 0 spiro atoms. The van der Waals surface area contributed by atoms with E-state index >= 15 is 0 Å². The molecule has 164 valence electrons. The van der Waals surface area contributed by atoms with Crippen LogP contribution in [-0.4, -0.2) is 20.3 Å². The summed E-state index contributed by atoms with van der Waals surface area (Å²) < 4.78 is 19.2. The van der Waals surface area contributed by atoms with E-state index in [4.69, 9.17) is 11.6 Å². The average Bonchev–Trinajstić information content (AvgIpc) is 2.80. The smallest absolute Gasteiger partial charge is 0.266 e. The van der Waals surface area contributed by atoms with Crippen molar-refractivity contribution >= 4 is 51.5 Å². The highest BCUT2D eigenvalue weighted by atomic mass is 35.5. The highest BCUT2D eigenvalue weighted by Gasteiger charge is 2.16. The van der Waals surface area contributed by atoms with Crippen molar-refractivity contribution in [1.82, 2.24) is 14.5 Å². The van der Waals surface area contributed by atoms with Crippen LogP contribution in [0, 0.1) is 12.7 Å². The zero-order valence-electron chi connectivity index (χ0n) is 17.5. The van der Waals surface area contributed by atoms with Gasteiger partial charge >= 0.3 is 0 Å². The summed E-state index contributed by atoms with van der Waals surface area (Å²) in [5.41, 5.74) is 2.91. The number of aromatic nitrogens is 3. The summed E-state index contributed by atoms with van der Waals surface area (Å²) in [6.07, 6.45) is 5.71. The van der Waals surface area contributed by atoms with E-state index in [1.54, 1.807) is 49.6 Å². The topological polar surface area (TPSA) is 71.8 Å². The lowest BCUT2D eigenvalue weighted by Crippen LogP contribution is -2.20. The van der Waals surface area contributed by atoms with Crippen LogP contribution in [0.2, 0.25) is 5.02 Å². The Kier molecular flexibility index (Phi) is 6.62. The molecular weight excluding hydrogens is 449 g/mol. The van der Waals surface area contributed by atoms with E-state index in [2.05, 4.69) is 26.9 Å². The molecule has 2 aromatic carbocycles. The fourth-order valence-electron chi connectivity index (χ4n) is 3.29. The second-order valence-corrected chi connectivity index (χ2v) is 8.40. The van der Waals surface area contributed by atoms with Gasteiger partial charge in [0.05, 0.1) is 39.2 Å². The average molecular weight is 470 g/mol. The van der Waals surface area contributed by atoms with Gasteiger partial charge in [-0.3, -0.25) is 14.3 Å². The Balaban J connectivity index is 1.76. The van der Waals surface area contributed by atoms with Gasteiger partial charge in [0.2, 0.25) is 0 Å². The summed E-state index contributed by atoms with van der Waals surface area (Å²) in [7, 11) is 0. The lowest BCUT2D eigenvalue weighted by Gasteiger charge is -2.16. The minimum atomic E-state index is -0.487. The minimum Gasteiger partial charge on any atom is -0.352 e. The third-order valence-corrected chi connectivity index (χ3v) is 6.32. The fourth-order valence-corrected chi connectivity index (χ4v) is 4.23. The molecule has 32 heavy (non-hydrogen) atoms. The molecule has 0 saturated carbocycles. The predicted octanol–water partition coefficient (Wildman–Crippen LogP) is 6.10. The van der Waals surface area contributed by atoms with Gasteiger partial charge in [-0.1, -0.05) is 30.5 Å². The van der Waals surface area contributed by atoms with Gasteiger partial charge in [0.15, 0.2) is 0 Å². The standard InChI is InChI=1S/C23H21ClFN5OS/c1-3-11-32-29-19-7-6-16(25)22(21(19)24)28-17-8-9-18-20(14(17)2)23(31)30(13-27-18)15-5-4-10-26-12-15/h4-10,12-13,28-29H,3,11H2,1-2H3. The Hall–Kier alpha value is -3.10. The second kappa shape index (κ2) is 9.58. The summed E-state index contributed by atoms with van der Waals surface area (Å²) in [5.74, 6) is 0.413. The number of nitrogens with zero attached hydrogens (tertiary/aromatic N) is 3. The lowest BCUT2D eigenvalue weighted by molar-refractivity contribution is 0.632. The van der Waals surface area contributed by atoms with E-state index in [0.29, 0.717) is 33.5 Å². The van der Waals surface area contributed by atoms with Crippen LogP contribution in [0.15, 0.2) is 59.9 Å². The molecule has 0 unspecified atom stereocenters. The van der Waals surface area contributed by atoms with Crippen LogP contribution in [0.5, 0.6) is 0 Å². The molecule has 4 rings (SSSR count). The van der Waals surface area contributed by atoms with Crippen molar-refractivity contribution in [3.63, 3.8) is 0 Å². The number of pyridine rings is 1. The van der Waals surface area contributed by atoms with Crippen LogP contribution >= 0.6 is 23.5 Å². The molecule has 0 aliphatic carbocycles. The summed E-state index contributed by atoms with van der Waals surface area (Å²) in [4.78, 5) is 21.7. The number of hydrogen-bond acceptors (Lipinski definition) is 6. The normalized spacial score (nSPS) is 11.0. The van der Waals surface area contributed by atoms with Crippen molar-refractivity contribution < 1.29 is 4.39 Å². The maximum absolute atomic E-state index is 14.6. The predicted molar refractivity (Wildman–Crippen MR) is 131 cm³/mol. The molecule has 0 aliphatic rings. The van der Waals surface area contributed by atoms with Gasteiger partial charge in [-0.2, -0.15) is 0 Å². The van der Waals surface area contributed by atoms with Crippen LogP contribution < -0.4 is 15.6 Å². The maximum atomic E-state index is 14.6. The number of nitrogens with one attached hydrogen (secondary N) is 2. The molecule has 0 radical (unpaired) electrons. The van der Waals surface area contributed by atoms with E-state index in [9.17, 15) is 9.18 Å². The Morgan fingerprint density at radius 3 is 2.75 bits per heavy atom. The zero-order valence-corrected chi connectivity index (χ0v) is 19.1. The maximum Gasteiger partial charge on any atom is 0.266 e. The van der Waals surface area contributed by atoms with Crippen LogP contribution in [0.25, 0.3) is 16.6 Å². The first-order valence-corrected chi connectivity index (χ1v) is 11.4. The van der Waals surface area contributed by atoms with Crippen molar-refractivity contribution in [1.29, 1.82) is 0 Å². The Morgan fingerprint density at radius 2 is 2.00 bits per heavy atom. The monoisotopic (exact) mass is 469 g/mol. The Morgan fingerprint density at radius 1 is 1.19 bits per heavy atom. The van der Waals surface area contributed by atoms with Gasteiger partial charge in [-0.05, 0) is 55.3 Å². The number of hydrogen-bond donors (Lipinski definition) is 2. The number of anilines is 3. The van der Waals surface area contributed by atoms with E-state index in [1.165, 1.54) is 28.9 Å². The zero-order chi connectivity index (χ0) is 22.7. The highest BCUT2D eigenvalue weighted by molar-refractivity contribution is 8.00. The van der Waals surface area contributed by atoms with E-state index in [-0.39, 0.29) is 16.3 Å². The summed E-state index contributed by atoms with van der Waals surface area (Å²) in [6.45, 7) is 3.87.